The number of likely N-dealkylation sites (tertiary alicyclic amines) is 1. The first-order valence-corrected chi connectivity index (χ1v) is 9.50. The molecule has 1 unspecified atom stereocenters. The standard InChI is InChI=1S/C15H24N2O4S/c1-15(2,3)13-10-12(16-21-13)14(18)17-8-5-6-11(7-9-17)22(4,19)20/h10-11H,5-9H2,1-4H3. The van der Waals surface area contributed by atoms with E-state index in [4.69, 9.17) is 4.52 Å². The van der Waals surface area contributed by atoms with E-state index in [0.29, 0.717) is 43.8 Å². The number of carbonyl (C=O) groups excluding carboxylic acids is 1. The van der Waals surface area contributed by atoms with Gasteiger partial charge in [0.2, 0.25) is 0 Å². The van der Waals surface area contributed by atoms with Crippen LogP contribution >= 0.6 is 0 Å². The lowest BCUT2D eigenvalue weighted by atomic mass is 9.93. The molecule has 0 spiro atoms. The number of amides is 1. The molecule has 7 heteroatoms. The average molecular weight is 328 g/mol. The van der Waals surface area contributed by atoms with Crippen LogP contribution in [0.5, 0.6) is 0 Å². The highest BCUT2D eigenvalue weighted by atomic mass is 32.2. The molecule has 1 aromatic heterocycles. The predicted molar refractivity (Wildman–Crippen MR) is 83.6 cm³/mol. The van der Waals surface area contributed by atoms with E-state index in [1.54, 1.807) is 11.0 Å². The van der Waals surface area contributed by atoms with E-state index < -0.39 is 9.84 Å². The van der Waals surface area contributed by atoms with Gasteiger partial charge >= 0.3 is 0 Å². The molecule has 124 valence electrons. The maximum Gasteiger partial charge on any atom is 0.276 e. The Morgan fingerprint density at radius 3 is 2.55 bits per heavy atom. The van der Waals surface area contributed by atoms with E-state index in [0.717, 1.165) is 0 Å². The maximum absolute atomic E-state index is 12.5. The SMILES string of the molecule is CC(C)(C)c1cc(C(=O)N2CCCC(S(C)(=O)=O)CC2)no1. The molecule has 1 aromatic rings. The molecule has 1 fully saturated rings. The Morgan fingerprint density at radius 1 is 1.32 bits per heavy atom. The van der Waals surface area contributed by atoms with Gasteiger partial charge in [-0.25, -0.2) is 8.42 Å². The van der Waals surface area contributed by atoms with Gasteiger partial charge < -0.3 is 9.42 Å². The summed E-state index contributed by atoms with van der Waals surface area (Å²) in [5.41, 5.74) is 0.0915. The number of carbonyl (C=O) groups is 1. The van der Waals surface area contributed by atoms with Crippen LogP contribution in [0, 0.1) is 0 Å². The van der Waals surface area contributed by atoms with Crippen LogP contribution in [0.4, 0.5) is 0 Å². The first kappa shape index (κ1) is 17.0. The molecular formula is C15H24N2O4S. The molecule has 2 rings (SSSR count). The number of hydrogen-bond acceptors (Lipinski definition) is 5. The molecule has 2 heterocycles. The smallest absolute Gasteiger partial charge is 0.276 e. The highest BCUT2D eigenvalue weighted by Gasteiger charge is 2.29. The third-order valence-electron chi connectivity index (χ3n) is 4.04. The van der Waals surface area contributed by atoms with E-state index in [2.05, 4.69) is 5.16 Å². The summed E-state index contributed by atoms with van der Waals surface area (Å²) >= 11 is 0. The third kappa shape index (κ3) is 3.88. The molecule has 1 saturated heterocycles. The first-order valence-electron chi connectivity index (χ1n) is 7.54. The highest BCUT2D eigenvalue weighted by molar-refractivity contribution is 7.91. The number of sulfone groups is 1. The van der Waals surface area contributed by atoms with Gasteiger partial charge in [0.1, 0.15) is 15.6 Å². The molecule has 1 atom stereocenters. The van der Waals surface area contributed by atoms with Crippen molar-refractivity contribution in [3.8, 4) is 0 Å². The molecule has 0 bridgehead atoms. The molecule has 6 nitrogen and oxygen atoms in total. The van der Waals surface area contributed by atoms with Crippen LogP contribution in [-0.2, 0) is 15.3 Å². The lowest BCUT2D eigenvalue weighted by molar-refractivity contribution is 0.0751. The molecule has 0 N–H and O–H groups in total. The topological polar surface area (TPSA) is 80.5 Å². The van der Waals surface area contributed by atoms with Gasteiger partial charge in [-0.05, 0) is 19.3 Å². The average Bonchev–Trinajstić information content (AvgIpc) is 2.74. The number of aromatic nitrogens is 1. The van der Waals surface area contributed by atoms with E-state index in [1.807, 2.05) is 20.8 Å². The quantitative estimate of drug-likeness (QED) is 0.829. The minimum atomic E-state index is -3.05. The van der Waals surface area contributed by atoms with Crippen molar-refractivity contribution in [2.45, 2.75) is 50.7 Å². The van der Waals surface area contributed by atoms with Crippen molar-refractivity contribution in [1.82, 2.24) is 10.1 Å². The highest BCUT2D eigenvalue weighted by Crippen LogP contribution is 2.24. The summed E-state index contributed by atoms with van der Waals surface area (Å²) in [7, 11) is -3.05. The summed E-state index contributed by atoms with van der Waals surface area (Å²) in [6.45, 7) is 6.97. The second-order valence-electron chi connectivity index (χ2n) is 7.00. The van der Waals surface area contributed by atoms with Crippen LogP contribution in [0.25, 0.3) is 0 Å². The van der Waals surface area contributed by atoms with Crippen LogP contribution < -0.4 is 0 Å². The van der Waals surface area contributed by atoms with Crippen LogP contribution in [0.1, 0.15) is 56.3 Å². The Hall–Kier alpha value is -1.37. The van der Waals surface area contributed by atoms with Gasteiger partial charge in [-0.3, -0.25) is 4.79 Å². The molecule has 0 aliphatic carbocycles. The summed E-state index contributed by atoms with van der Waals surface area (Å²) in [5, 5.41) is 3.52. The Balaban J connectivity index is 2.09. The summed E-state index contributed by atoms with van der Waals surface area (Å²) in [6.07, 6.45) is 3.04. The minimum Gasteiger partial charge on any atom is -0.360 e. The molecule has 0 saturated carbocycles. The second-order valence-corrected chi connectivity index (χ2v) is 9.33. The van der Waals surface area contributed by atoms with Crippen molar-refractivity contribution in [2.24, 2.45) is 0 Å². The third-order valence-corrected chi connectivity index (χ3v) is 5.72. The van der Waals surface area contributed by atoms with Crippen molar-refractivity contribution < 1.29 is 17.7 Å². The van der Waals surface area contributed by atoms with Crippen molar-refractivity contribution in [2.75, 3.05) is 19.3 Å². The fraction of sp³-hybridized carbons (Fsp3) is 0.733. The van der Waals surface area contributed by atoms with Gasteiger partial charge in [-0.1, -0.05) is 25.9 Å². The van der Waals surface area contributed by atoms with E-state index in [1.165, 1.54) is 6.26 Å². The zero-order valence-electron chi connectivity index (χ0n) is 13.6. The van der Waals surface area contributed by atoms with E-state index in [9.17, 15) is 13.2 Å². The van der Waals surface area contributed by atoms with Gasteiger partial charge in [0, 0.05) is 30.8 Å². The zero-order chi connectivity index (χ0) is 16.5. The lowest BCUT2D eigenvalue weighted by Gasteiger charge is -2.19. The first-order chi connectivity index (χ1) is 10.1. The molecule has 0 aromatic carbocycles. The van der Waals surface area contributed by atoms with Gasteiger partial charge in [0.15, 0.2) is 5.69 Å². The van der Waals surface area contributed by atoms with Crippen LogP contribution in [-0.4, -0.2) is 49.0 Å². The van der Waals surface area contributed by atoms with Crippen molar-refractivity contribution >= 4 is 15.7 Å². The van der Waals surface area contributed by atoms with E-state index >= 15 is 0 Å². The van der Waals surface area contributed by atoms with Crippen molar-refractivity contribution in [1.29, 1.82) is 0 Å². The maximum atomic E-state index is 12.5. The second kappa shape index (κ2) is 6.02. The van der Waals surface area contributed by atoms with Gasteiger partial charge in [-0.2, -0.15) is 0 Å². The molecule has 0 radical (unpaired) electrons. The van der Waals surface area contributed by atoms with Crippen LogP contribution in [0.3, 0.4) is 0 Å². The molecule has 1 aliphatic rings. The molecule has 22 heavy (non-hydrogen) atoms. The minimum absolute atomic E-state index is 0.187. The Labute approximate surface area is 131 Å². The van der Waals surface area contributed by atoms with Gasteiger partial charge in [0.05, 0.1) is 5.25 Å². The van der Waals surface area contributed by atoms with E-state index in [-0.39, 0.29) is 16.6 Å². The number of rotatable bonds is 2. The fourth-order valence-electron chi connectivity index (χ4n) is 2.59. The molecule has 1 amide bonds. The van der Waals surface area contributed by atoms with Crippen LogP contribution in [0.15, 0.2) is 10.6 Å². The van der Waals surface area contributed by atoms with Gasteiger partial charge in [-0.15, -0.1) is 0 Å². The summed E-state index contributed by atoms with van der Waals surface area (Å²) in [5.74, 6) is 0.480. The fourth-order valence-corrected chi connectivity index (χ4v) is 3.72. The Bertz CT molecular complexity index is 643. The Morgan fingerprint density at radius 2 is 2.00 bits per heavy atom. The zero-order valence-corrected chi connectivity index (χ0v) is 14.4. The summed E-state index contributed by atoms with van der Waals surface area (Å²) in [6, 6.07) is 1.68. The van der Waals surface area contributed by atoms with Crippen molar-refractivity contribution in [3.05, 3.63) is 17.5 Å². The van der Waals surface area contributed by atoms with Crippen LogP contribution in [0.2, 0.25) is 0 Å². The monoisotopic (exact) mass is 328 g/mol. The molecular weight excluding hydrogens is 304 g/mol. The summed E-state index contributed by atoms with van der Waals surface area (Å²) < 4.78 is 28.6. The largest absolute Gasteiger partial charge is 0.360 e. The number of nitrogens with zero attached hydrogens (tertiary/aromatic N) is 2. The summed E-state index contributed by atoms with van der Waals surface area (Å²) in [4.78, 5) is 14.2. The normalized spacial score (nSPS) is 20.7. The predicted octanol–water partition coefficient (Wildman–Crippen LogP) is 2.01. The van der Waals surface area contributed by atoms with Crippen molar-refractivity contribution in [3.63, 3.8) is 0 Å². The molecule has 1 aliphatic heterocycles. The lowest BCUT2D eigenvalue weighted by Crippen LogP contribution is -2.33. The number of hydrogen-bond donors (Lipinski definition) is 0. The van der Waals surface area contributed by atoms with Gasteiger partial charge in [0.25, 0.3) is 5.91 Å². The Kier molecular flexibility index (Phi) is 4.65.